The second-order valence-electron chi connectivity index (χ2n) is 14.1. The van der Waals surface area contributed by atoms with Crippen molar-refractivity contribution < 1.29 is 19.4 Å². The SMILES string of the molecule is CCC/C=C\CCCCCCCCOCC(CO)OC(=O)CCCCCCCCCCCCCCCCCCCCCCCCC. The van der Waals surface area contributed by atoms with E-state index in [1.807, 2.05) is 0 Å². The van der Waals surface area contributed by atoms with Crippen LogP contribution in [0, 0.1) is 0 Å². The maximum atomic E-state index is 12.2. The zero-order valence-electron chi connectivity index (χ0n) is 31.4. The summed E-state index contributed by atoms with van der Waals surface area (Å²) in [6.07, 6.45) is 47.0. The molecule has 4 nitrogen and oxygen atoms in total. The van der Waals surface area contributed by atoms with Gasteiger partial charge < -0.3 is 14.6 Å². The molecule has 0 heterocycles. The summed E-state index contributed by atoms with van der Waals surface area (Å²) in [5, 5.41) is 9.56. The minimum absolute atomic E-state index is 0.169. The molecule has 0 aliphatic heterocycles. The van der Waals surface area contributed by atoms with Crippen molar-refractivity contribution in [3.05, 3.63) is 12.2 Å². The number of aliphatic hydroxyl groups is 1. The standard InChI is InChI=1S/C42H82O4/c1-3-5-7-9-11-13-15-16-17-18-19-20-21-22-23-24-25-26-27-29-31-33-35-37-42(44)46-41(39-43)40-45-38-36-34-32-30-28-14-12-10-8-6-4-2/h8,10,41,43H,3-7,9,11-40H2,1-2H3/b10-8-. The quantitative estimate of drug-likeness (QED) is 0.0408. The fourth-order valence-electron chi connectivity index (χ4n) is 6.21. The number of rotatable bonds is 39. The van der Waals surface area contributed by atoms with Gasteiger partial charge in [0.05, 0.1) is 13.2 Å². The molecule has 0 bridgehead atoms. The van der Waals surface area contributed by atoms with Crippen molar-refractivity contribution in [2.75, 3.05) is 19.8 Å². The molecular weight excluding hydrogens is 568 g/mol. The highest BCUT2D eigenvalue weighted by Crippen LogP contribution is 2.16. The van der Waals surface area contributed by atoms with Gasteiger partial charge in [-0.3, -0.25) is 4.79 Å². The number of carbonyl (C=O) groups excluding carboxylic acids is 1. The number of unbranched alkanes of at least 4 members (excludes halogenated alkanes) is 29. The van der Waals surface area contributed by atoms with E-state index in [0.717, 1.165) is 19.3 Å². The first-order chi connectivity index (χ1) is 22.7. The first-order valence-electron chi connectivity index (χ1n) is 20.8. The lowest BCUT2D eigenvalue weighted by Gasteiger charge is -2.15. The number of hydrogen-bond donors (Lipinski definition) is 1. The zero-order chi connectivity index (χ0) is 33.4. The second-order valence-corrected chi connectivity index (χ2v) is 14.1. The molecule has 0 aliphatic rings. The van der Waals surface area contributed by atoms with Crippen molar-refractivity contribution in [3.63, 3.8) is 0 Å². The van der Waals surface area contributed by atoms with Gasteiger partial charge in [-0.1, -0.05) is 199 Å². The molecule has 0 fully saturated rings. The average Bonchev–Trinajstić information content (AvgIpc) is 3.06. The molecule has 4 heteroatoms. The predicted molar refractivity (Wildman–Crippen MR) is 201 cm³/mol. The monoisotopic (exact) mass is 651 g/mol. The summed E-state index contributed by atoms with van der Waals surface area (Å²) in [5.41, 5.74) is 0. The molecule has 0 radical (unpaired) electrons. The van der Waals surface area contributed by atoms with Gasteiger partial charge in [-0.2, -0.15) is 0 Å². The van der Waals surface area contributed by atoms with E-state index in [-0.39, 0.29) is 12.6 Å². The van der Waals surface area contributed by atoms with Crippen molar-refractivity contribution in [1.29, 1.82) is 0 Å². The normalized spacial score (nSPS) is 12.3. The van der Waals surface area contributed by atoms with Crippen molar-refractivity contribution >= 4 is 5.97 Å². The number of esters is 1. The molecule has 0 aromatic heterocycles. The lowest BCUT2D eigenvalue weighted by Crippen LogP contribution is -2.27. The first-order valence-corrected chi connectivity index (χ1v) is 20.8. The van der Waals surface area contributed by atoms with Gasteiger partial charge in [0.2, 0.25) is 0 Å². The van der Waals surface area contributed by atoms with E-state index in [2.05, 4.69) is 26.0 Å². The molecular formula is C42H82O4. The molecule has 0 aliphatic carbocycles. The van der Waals surface area contributed by atoms with E-state index in [1.54, 1.807) is 0 Å². The van der Waals surface area contributed by atoms with E-state index in [1.165, 1.54) is 186 Å². The van der Waals surface area contributed by atoms with Gasteiger partial charge >= 0.3 is 5.97 Å². The Morgan fingerprint density at radius 2 is 0.891 bits per heavy atom. The Kier molecular flexibility index (Phi) is 39.5. The fraction of sp³-hybridized carbons (Fsp3) is 0.929. The molecule has 1 atom stereocenters. The van der Waals surface area contributed by atoms with Gasteiger partial charge in [-0.25, -0.2) is 0 Å². The van der Waals surface area contributed by atoms with Gasteiger partial charge in [-0.05, 0) is 32.1 Å². The fourth-order valence-corrected chi connectivity index (χ4v) is 6.21. The van der Waals surface area contributed by atoms with Crippen LogP contribution in [0.1, 0.15) is 226 Å². The molecule has 1 N–H and O–H groups in total. The Morgan fingerprint density at radius 3 is 1.33 bits per heavy atom. The summed E-state index contributed by atoms with van der Waals surface area (Å²) in [6.45, 7) is 5.31. The van der Waals surface area contributed by atoms with Gasteiger partial charge in [0.25, 0.3) is 0 Å². The third-order valence-corrected chi connectivity index (χ3v) is 9.32. The lowest BCUT2D eigenvalue weighted by atomic mass is 10.0. The Labute approximate surface area is 288 Å². The first kappa shape index (κ1) is 45.1. The zero-order valence-corrected chi connectivity index (χ0v) is 31.4. The molecule has 0 spiro atoms. The third kappa shape index (κ3) is 37.6. The molecule has 0 aromatic carbocycles. The Bertz CT molecular complexity index is 604. The largest absolute Gasteiger partial charge is 0.457 e. The Morgan fingerprint density at radius 1 is 0.500 bits per heavy atom. The third-order valence-electron chi connectivity index (χ3n) is 9.32. The van der Waals surface area contributed by atoms with Crippen LogP contribution in [0.15, 0.2) is 12.2 Å². The number of allylic oxidation sites excluding steroid dienone is 2. The van der Waals surface area contributed by atoms with Crippen LogP contribution in [0.3, 0.4) is 0 Å². The van der Waals surface area contributed by atoms with Crippen LogP contribution < -0.4 is 0 Å². The summed E-state index contributed by atoms with van der Waals surface area (Å²) < 4.78 is 11.1. The summed E-state index contributed by atoms with van der Waals surface area (Å²) >= 11 is 0. The van der Waals surface area contributed by atoms with Crippen molar-refractivity contribution in [2.24, 2.45) is 0 Å². The Balaban J connectivity index is 3.34. The summed E-state index contributed by atoms with van der Waals surface area (Å²) in [6, 6.07) is 0. The van der Waals surface area contributed by atoms with Crippen molar-refractivity contribution in [2.45, 2.75) is 232 Å². The molecule has 0 saturated heterocycles. The average molecular weight is 651 g/mol. The minimum Gasteiger partial charge on any atom is -0.457 e. The molecule has 0 aromatic rings. The number of carbonyl (C=O) groups is 1. The topological polar surface area (TPSA) is 55.8 Å². The van der Waals surface area contributed by atoms with Gasteiger partial charge in [0, 0.05) is 13.0 Å². The van der Waals surface area contributed by atoms with Gasteiger partial charge in [0.15, 0.2) is 0 Å². The van der Waals surface area contributed by atoms with E-state index < -0.39 is 6.10 Å². The summed E-state index contributed by atoms with van der Waals surface area (Å²) in [4.78, 5) is 12.2. The van der Waals surface area contributed by atoms with E-state index >= 15 is 0 Å². The highest BCUT2D eigenvalue weighted by atomic mass is 16.6. The van der Waals surface area contributed by atoms with E-state index in [4.69, 9.17) is 9.47 Å². The van der Waals surface area contributed by atoms with E-state index in [0.29, 0.717) is 19.6 Å². The van der Waals surface area contributed by atoms with Crippen molar-refractivity contribution in [1.82, 2.24) is 0 Å². The van der Waals surface area contributed by atoms with Crippen LogP contribution in [0.2, 0.25) is 0 Å². The minimum atomic E-state index is -0.530. The van der Waals surface area contributed by atoms with E-state index in [9.17, 15) is 9.90 Å². The van der Waals surface area contributed by atoms with Crippen LogP contribution in [0.25, 0.3) is 0 Å². The molecule has 0 saturated carbocycles. The van der Waals surface area contributed by atoms with Crippen LogP contribution in [0.4, 0.5) is 0 Å². The highest BCUT2D eigenvalue weighted by molar-refractivity contribution is 5.69. The maximum absolute atomic E-state index is 12.2. The van der Waals surface area contributed by atoms with Gasteiger partial charge in [0.1, 0.15) is 6.10 Å². The summed E-state index contributed by atoms with van der Waals surface area (Å²) in [5.74, 6) is -0.198. The number of ether oxygens (including phenoxy) is 2. The second kappa shape index (κ2) is 40.3. The molecule has 1 unspecified atom stereocenters. The predicted octanol–water partition coefficient (Wildman–Crippen LogP) is 13.4. The van der Waals surface area contributed by atoms with Crippen LogP contribution in [-0.2, 0) is 14.3 Å². The molecule has 0 rings (SSSR count). The number of hydrogen-bond acceptors (Lipinski definition) is 4. The Hall–Kier alpha value is -0.870. The molecule has 274 valence electrons. The summed E-state index contributed by atoms with van der Waals surface area (Å²) in [7, 11) is 0. The van der Waals surface area contributed by atoms with Crippen LogP contribution in [0.5, 0.6) is 0 Å². The van der Waals surface area contributed by atoms with Gasteiger partial charge in [-0.15, -0.1) is 0 Å². The smallest absolute Gasteiger partial charge is 0.306 e. The number of aliphatic hydroxyl groups excluding tert-OH is 1. The molecule has 46 heavy (non-hydrogen) atoms. The lowest BCUT2D eigenvalue weighted by molar-refractivity contribution is -0.154. The molecule has 0 amide bonds. The van der Waals surface area contributed by atoms with Crippen LogP contribution >= 0.6 is 0 Å². The highest BCUT2D eigenvalue weighted by Gasteiger charge is 2.13. The van der Waals surface area contributed by atoms with Crippen LogP contribution in [-0.4, -0.2) is 37.0 Å². The van der Waals surface area contributed by atoms with Crippen molar-refractivity contribution in [3.8, 4) is 0 Å². The maximum Gasteiger partial charge on any atom is 0.306 e.